The van der Waals surface area contributed by atoms with E-state index in [4.69, 9.17) is 4.74 Å². The van der Waals surface area contributed by atoms with Crippen molar-refractivity contribution in [1.82, 2.24) is 5.32 Å². The van der Waals surface area contributed by atoms with E-state index < -0.39 is 0 Å². The molecule has 1 N–H and O–H groups in total. The van der Waals surface area contributed by atoms with E-state index in [-0.39, 0.29) is 0 Å². The summed E-state index contributed by atoms with van der Waals surface area (Å²) in [5.74, 6) is 1.62. The van der Waals surface area contributed by atoms with Crippen molar-refractivity contribution in [3.63, 3.8) is 0 Å². The van der Waals surface area contributed by atoms with Crippen molar-refractivity contribution in [2.75, 3.05) is 6.54 Å². The van der Waals surface area contributed by atoms with Crippen LogP contribution in [0.4, 0.5) is 0 Å². The second-order valence-corrected chi connectivity index (χ2v) is 4.78. The molecule has 2 unspecified atom stereocenters. The van der Waals surface area contributed by atoms with E-state index in [0.29, 0.717) is 18.1 Å². The first-order valence-corrected chi connectivity index (χ1v) is 6.21. The minimum absolute atomic E-state index is 0.332. The Labute approximate surface area is 98.0 Å². The molecule has 88 valence electrons. The predicted molar refractivity (Wildman–Crippen MR) is 66.7 cm³/mol. The molecule has 2 rings (SSSR count). The minimum Gasteiger partial charge on any atom is -0.490 e. The number of fused-ring (bicyclic) bond motifs is 1. The second-order valence-electron chi connectivity index (χ2n) is 4.78. The van der Waals surface area contributed by atoms with Crippen LogP contribution in [0.25, 0.3) is 0 Å². The monoisotopic (exact) mass is 219 g/mol. The van der Waals surface area contributed by atoms with Crippen LogP contribution in [0.3, 0.4) is 0 Å². The SMILES string of the molecule is CCNC1CC(C(C)C)Oc2ccccc21. The molecule has 2 heteroatoms. The number of hydrogen-bond donors (Lipinski definition) is 1. The van der Waals surface area contributed by atoms with E-state index in [1.165, 1.54) is 5.56 Å². The molecule has 1 aliphatic heterocycles. The van der Waals surface area contributed by atoms with Crippen LogP contribution in [0.1, 0.15) is 38.8 Å². The fraction of sp³-hybridized carbons (Fsp3) is 0.571. The van der Waals surface area contributed by atoms with Crippen LogP contribution in [-0.2, 0) is 0 Å². The molecule has 0 radical (unpaired) electrons. The van der Waals surface area contributed by atoms with Crippen LogP contribution in [0.5, 0.6) is 5.75 Å². The number of benzene rings is 1. The maximum atomic E-state index is 6.03. The van der Waals surface area contributed by atoms with Crippen molar-refractivity contribution >= 4 is 0 Å². The summed E-state index contributed by atoms with van der Waals surface area (Å²) in [6.07, 6.45) is 1.40. The average Bonchev–Trinajstić information content (AvgIpc) is 2.29. The molecule has 0 spiro atoms. The van der Waals surface area contributed by atoms with E-state index in [1.807, 2.05) is 6.07 Å². The smallest absolute Gasteiger partial charge is 0.124 e. The lowest BCUT2D eigenvalue weighted by Crippen LogP contribution is -2.35. The molecule has 1 aromatic carbocycles. The summed E-state index contributed by atoms with van der Waals surface area (Å²) in [5.41, 5.74) is 1.31. The molecule has 0 aliphatic carbocycles. The summed E-state index contributed by atoms with van der Waals surface area (Å²) in [6.45, 7) is 7.61. The Morgan fingerprint density at radius 1 is 1.38 bits per heavy atom. The average molecular weight is 219 g/mol. The largest absolute Gasteiger partial charge is 0.490 e. The Morgan fingerprint density at radius 3 is 2.81 bits per heavy atom. The molecule has 0 saturated heterocycles. The van der Waals surface area contributed by atoms with Gasteiger partial charge in [-0.05, 0) is 18.5 Å². The Kier molecular flexibility index (Phi) is 3.49. The molecule has 0 amide bonds. The van der Waals surface area contributed by atoms with Crippen molar-refractivity contribution in [1.29, 1.82) is 0 Å². The number of para-hydroxylation sites is 1. The maximum absolute atomic E-state index is 6.03. The van der Waals surface area contributed by atoms with Crippen molar-refractivity contribution < 1.29 is 4.74 Å². The molecule has 0 fully saturated rings. The fourth-order valence-electron chi connectivity index (χ4n) is 2.29. The zero-order valence-corrected chi connectivity index (χ0v) is 10.4. The third-order valence-electron chi connectivity index (χ3n) is 3.23. The maximum Gasteiger partial charge on any atom is 0.124 e. The van der Waals surface area contributed by atoms with Crippen molar-refractivity contribution in [2.24, 2.45) is 5.92 Å². The van der Waals surface area contributed by atoms with Gasteiger partial charge < -0.3 is 10.1 Å². The third-order valence-corrected chi connectivity index (χ3v) is 3.23. The number of nitrogens with one attached hydrogen (secondary N) is 1. The highest BCUT2D eigenvalue weighted by Crippen LogP contribution is 2.36. The highest BCUT2D eigenvalue weighted by Gasteiger charge is 2.28. The quantitative estimate of drug-likeness (QED) is 0.843. The van der Waals surface area contributed by atoms with Gasteiger partial charge >= 0.3 is 0 Å². The summed E-state index contributed by atoms with van der Waals surface area (Å²) in [4.78, 5) is 0. The normalized spacial score (nSPS) is 24.0. The summed E-state index contributed by atoms with van der Waals surface area (Å²) >= 11 is 0. The van der Waals surface area contributed by atoms with Crippen LogP contribution in [0.15, 0.2) is 24.3 Å². The minimum atomic E-state index is 0.332. The molecular weight excluding hydrogens is 198 g/mol. The zero-order chi connectivity index (χ0) is 11.5. The van der Waals surface area contributed by atoms with Gasteiger partial charge in [-0.25, -0.2) is 0 Å². The topological polar surface area (TPSA) is 21.3 Å². The molecular formula is C14H21NO. The molecule has 1 aromatic rings. The summed E-state index contributed by atoms with van der Waals surface area (Å²) in [7, 11) is 0. The van der Waals surface area contributed by atoms with Gasteiger partial charge in [0.05, 0.1) is 0 Å². The van der Waals surface area contributed by atoms with E-state index >= 15 is 0 Å². The lowest BCUT2D eigenvalue weighted by molar-refractivity contribution is 0.108. The summed E-state index contributed by atoms with van der Waals surface area (Å²) < 4.78 is 6.03. The second kappa shape index (κ2) is 4.88. The van der Waals surface area contributed by atoms with Gasteiger partial charge in [-0.15, -0.1) is 0 Å². The Balaban J connectivity index is 2.26. The van der Waals surface area contributed by atoms with Gasteiger partial charge in [-0.1, -0.05) is 39.0 Å². The highest BCUT2D eigenvalue weighted by atomic mass is 16.5. The first kappa shape index (κ1) is 11.5. The van der Waals surface area contributed by atoms with Gasteiger partial charge in [-0.2, -0.15) is 0 Å². The summed E-state index contributed by atoms with van der Waals surface area (Å²) in [6, 6.07) is 8.82. The van der Waals surface area contributed by atoms with E-state index in [1.54, 1.807) is 0 Å². The lowest BCUT2D eigenvalue weighted by atomic mass is 9.91. The molecule has 0 aromatic heterocycles. The third kappa shape index (κ3) is 2.22. The van der Waals surface area contributed by atoms with Crippen LogP contribution < -0.4 is 10.1 Å². The van der Waals surface area contributed by atoms with Gasteiger partial charge in [0.25, 0.3) is 0 Å². The van der Waals surface area contributed by atoms with Gasteiger partial charge in [0, 0.05) is 18.0 Å². The lowest BCUT2D eigenvalue weighted by Gasteiger charge is -2.34. The number of ether oxygens (including phenoxy) is 1. The molecule has 2 nitrogen and oxygen atoms in total. The Hall–Kier alpha value is -1.02. The van der Waals surface area contributed by atoms with Gasteiger partial charge in [0.1, 0.15) is 11.9 Å². The van der Waals surface area contributed by atoms with Gasteiger partial charge in [0.2, 0.25) is 0 Å². The number of rotatable bonds is 3. The molecule has 16 heavy (non-hydrogen) atoms. The first-order chi connectivity index (χ1) is 7.72. The first-order valence-electron chi connectivity index (χ1n) is 6.21. The Bertz CT molecular complexity index is 348. The van der Waals surface area contributed by atoms with Crippen LogP contribution in [-0.4, -0.2) is 12.6 Å². The zero-order valence-electron chi connectivity index (χ0n) is 10.4. The van der Waals surface area contributed by atoms with Gasteiger partial charge in [0.15, 0.2) is 0 Å². The standard InChI is InChI=1S/C14H21NO/c1-4-15-12-9-14(10(2)3)16-13-8-6-5-7-11(12)13/h5-8,10,12,14-15H,4,9H2,1-3H3. The molecule has 2 atom stereocenters. The van der Waals surface area contributed by atoms with Crippen molar-refractivity contribution in [2.45, 2.75) is 39.3 Å². The van der Waals surface area contributed by atoms with Crippen LogP contribution in [0, 0.1) is 5.92 Å². The van der Waals surface area contributed by atoms with Crippen molar-refractivity contribution in [3.8, 4) is 5.75 Å². The molecule has 1 heterocycles. The van der Waals surface area contributed by atoms with Crippen molar-refractivity contribution in [3.05, 3.63) is 29.8 Å². The van der Waals surface area contributed by atoms with Crippen LogP contribution in [0.2, 0.25) is 0 Å². The molecule has 1 aliphatic rings. The summed E-state index contributed by atoms with van der Waals surface area (Å²) in [5, 5.41) is 3.55. The number of hydrogen-bond acceptors (Lipinski definition) is 2. The van der Waals surface area contributed by atoms with Crippen LogP contribution >= 0.6 is 0 Å². The molecule has 0 saturated carbocycles. The highest BCUT2D eigenvalue weighted by molar-refractivity contribution is 5.38. The van der Waals surface area contributed by atoms with E-state index in [0.717, 1.165) is 18.7 Å². The predicted octanol–water partition coefficient (Wildman–Crippen LogP) is 3.14. The fourth-order valence-corrected chi connectivity index (χ4v) is 2.29. The van der Waals surface area contributed by atoms with Gasteiger partial charge in [-0.3, -0.25) is 0 Å². The molecule has 0 bridgehead atoms. The Morgan fingerprint density at radius 2 is 2.12 bits per heavy atom. The van der Waals surface area contributed by atoms with E-state index in [2.05, 4.69) is 44.3 Å². The van der Waals surface area contributed by atoms with E-state index in [9.17, 15) is 0 Å².